The number of thiocarbonyl (C=S) groups is 1. The van der Waals surface area contributed by atoms with Gasteiger partial charge in [0.25, 0.3) is 10.0 Å². The first-order valence-electron chi connectivity index (χ1n) is 4.11. The molecule has 0 aromatic carbocycles. The molecule has 15 heavy (non-hydrogen) atoms. The zero-order valence-electron chi connectivity index (χ0n) is 7.98. The van der Waals surface area contributed by atoms with Crippen LogP contribution in [0.15, 0.2) is 16.3 Å². The van der Waals surface area contributed by atoms with Crippen LogP contribution in [0.4, 0.5) is 0 Å². The first-order chi connectivity index (χ1) is 6.95. The molecule has 0 bridgehead atoms. The monoisotopic (exact) mass is 265 g/mol. The van der Waals surface area contributed by atoms with Crippen LogP contribution in [0.2, 0.25) is 0 Å². The van der Waals surface area contributed by atoms with Crippen LogP contribution in [0.5, 0.6) is 0 Å². The van der Waals surface area contributed by atoms with E-state index in [0.717, 1.165) is 11.3 Å². The zero-order chi connectivity index (χ0) is 11.5. The van der Waals surface area contributed by atoms with Crippen LogP contribution < -0.4 is 16.0 Å². The zero-order valence-corrected chi connectivity index (χ0v) is 10.4. The Hall–Kier alpha value is -0.700. The quantitative estimate of drug-likeness (QED) is 0.540. The molecule has 4 N–H and O–H groups in total. The molecule has 0 aliphatic carbocycles. The Labute approximate surface area is 97.7 Å². The van der Waals surface area contributed by atoms with Crippen molar-refractivity contribution in [2.45, 2.75) is 17.6 Å². The van der Waals surface area contributed by atoms with Gasteiger partial charge >= 0.3 is 0 Å². The Balaban J connectivity index is 2.81. The van der Waals surface area contributed by atoms with Gasteiger partial charge in [-0.05, 0) is 30.8 Å². The van der Waals surface area contributed by atoms with Crippen LogP contribution in [0.25, 0.3) is 0 Å². The lowest BCUT2D eigenvalue weighted by Gasteiger charge is -2.04. The SMILES string of the molecule is CCc1ccc(S(=O)(=O)NNC(N)=S)s1. The van der Waals surface area contributed by atoms with Gasteiger partial charge < -0.3 is 5.73 Å². The number of hydrogen-bond acceptors (Lipinski definition) is 4. The molecule has 1 aromatic heterocycles. The highest BCUT2D eigenvalue weighted by Gasteiger charge is 2.15. The van der Waals surface area contributed by atoms with E-state index in [1.807, 2.05) is 6.92 Å². The largest absolute Gasteiger partial charge is 0.375 e. The Morgan fingerprint density at radius 3 is 2.73 bits per heavy atom. The van der Waals surface area contributed by atoms with E-state index in [2.05, 4.69) is 22.5 Å². The predicted molar refractivity (Wildman–Crippen MR) is 63.9 cm³/mol. The molecule has 1 rings (SSSR count). The number of thiophene rings is 1. The maximum atomic E-state index is 11.6. The number of rotatable bonds is 4. The number of nitrogens with one attached hydrogen (secondary N) is 2. The van der Waals surface area contributed by atoms with Crippen LogP contribution in [0, 0.1) is 0 Å². The number of aryl methyl sites for hydroxylation is 1. The summed E-state index contributed by atoms with van der Waals surface area (Å²) in [6, 6.07) is 3.33. The second-order valence-electron chi connectivity index (χ2n) is 2.67. The smallest absolute Gasteiger partial charge is 0.266 e. The van der Waals surface area contributed by atoms with Crippen molar-refractivity contribution in [3.05, 3.63) is 17.0 Å². The molecular formula is C7H11N3O2S3. The highest BCUT2D eigenvalue weighted by Crippen LogP contribution is 2.21. The number of hydrogen-bond donors (Lipinski definition) is 3. The summed E-state index contributed by atoms with van der Waals surface area (Å²) in [5.41, 5.74) is 7.30. The van der Waals surface area contributed by atoms with Crippen molar-refractivity contribution < 1.29 is 8.42 Å². The third-order valence-corrected chi connectivity index (χ3v) is 4.63. The maximum Gasteiger partial charge on any atom is 0.266 e. The van der Waals surface area contributed by atoms with E-state index in [1.54, 1.807) is 12.1 Å². The number of nitrogens with two attached hydrogens (primary N) is 1. The van der Waals surface area contributed by atoms with Crippen LogP contribution in [0.1, 0.15) is 11.8 Å². The van der Waals surface area contributed by atoms with Crippen LogP contribution in [0.3, 0.4) is 0 Å². The van der Waals surface area contributed by atoms with Crippen molar-refractivity contribution in [1.82, 2.24) is 10.3 Å². The molecule has 0 unspecified atom stereocenters. The first kappa shape index (κ1) is 12.4. The molecule has 0 saturated carbocycles. The summed E-state index contributed by atoms with van der Waals surface area (Å²) in [6.45, 7) is 1.96. The molecule has 0 amide bonds. The Bertz CT molecular complexity index is 452. The van der Waals surface area contributed by atoms with Crippen LogP contribution in [-0.2, 0) is 16.4 Å². The van der Waals surface area contributed by atoms with Crippen molar-refractivity contribution in [1.29, 1.82) is 0 Å². The fraction of sp³-hybridized carbons (Fsp3) is 0.286. The lowest BCUT2D eigenvalue weighted by Crippen LogP contribution is -2.43. The first-order valence-corrected chi connectivity index (χ1v) is 6.82. The lowest BCUT2D eigenvalue weighted by atomic mass is 10.4. The van der Waals surface area contributed by atoms with Crippen molar-refractivity contribution in [3.63, 3.8) is 0 Å². The second-order valence-corrected chi connectivity index (χ2v) is 6.19. The highest BCUT2D eigenvalue weighted by molar-refractivity contribution is 7.91. The molecule has 0 spiro atoms. The van der Waals surface area contributed by atoms with Crippen LogP contribution >= 0.6 is 23.6 Å². The minimum atomic E-state index is -3.55. The predicted octanol–water partition coefficient (Wildman–Crippen LogP) is 0.337. The highest BCUT2D eigenvalue weighted by atomic mass is 32.2. The van der Waals surface area contributed by atoms with Gasteiger partial charge in [0.2, 0.25) is 0 Å². The summed E-state index contributed by atoms with van der Waals surface area (Å²) in [5.74, 6) is 0. The van der Waals surface area contributed by atoms with Crippen molar-refractivity contribution in [2.75, 3.05) is 0 Å². The number of hydrazine groups is 1. The van der Waals surface area contributed by atoms with Crippen molar-refractivity contribution in [2.24, 2.45) is 5.73 Å². The van der Waals surface area contributed by atoms with Gasteiger partial charge in [0.05, 0.1) is 0 Å². The Kier molecular flexibility index (Phi) is 4.03. The molecule has 0 aliphatic heterocycles. The molecular weight excluding hydrogens is 254 g/mol. The number of sulfonamides is 1. The van der Waals surface area contributed by atoms with E-state index in [-0.39, 0.29) is 9.32 Å². The third-order valence-electron chi connectivity index (χ3n) is 1.56. The average Bonchev–Trinajstić information content (AvgIpc) is 2.63. The van der Waals surface area contributed by atoms with E-state index < -0.39 is 10.0 Å². The maximum absolute atomic E-state index is 11.6. The minimum Gasteiger partial charge on any atom is -0.375 e. The normalized spacial score (nSPS) is 11.3. The Morgan fingerprint density at radius 1 is 1.60 bits per heavy atom. The van der Waals surface area contributed by atoms with E-state index in [1.165, 1.54) is 11.3 Å². The fourth-order valence-corrected chi connectivity index (χ4v) is 3.13. The molecule has 0 atom stereocenters. The Morgan fingerprint density at radius 2 is 2.27 bits per heavy atom. The topological polar surface area (TPSA) is 84.2 Å². The van der Waals surface area contributed by atoms with Gasteiger partial charge in [-0.2, -0.15) is 0 Å². The molecule has 1 aromatic rings. The molecule has 0 aliphatic rings. The van der Waals surface area contributed by atoms with E-state index in [9.17, 15) is 8.42 Å². The summed E-state index contributed by atoms with van der Waals surface area (Å²) in [5, 5.41) is -0.120. The van der Waals surface area contributed by atoms with Crippen molar-refractivity contribution in [3.8, 4) is 0 Å². The van der Waals surface area contributed by atoms with Gasteiger partial charge in [0, 0.05) is 4.88 Å². The minimum absolute atomic E-state index is 0.120. The van der Waals surface area contributed by atoms with E-state index in [0.29, 0.717) is 0 Å². The molecule has 0 saturated heterocycles. The van der Waals surface area contributed by atoms with Crippen molar-refractivity contribution >= 4 is 38.7 Å². The molecule has 0 fully saturated rings. The summed E-state index contributed by atoms with van der Waals surface area (Å²) >= 11 is 5.70. The fourth-order valence-electron chi connectivity index (χ4n) is 0.860. The summed E-state index contributed by atoms with van der Waals surface area (Å²) in [7, 11) is -3.55. The summed E-state index contributed by atoms with van der Waals surface area (Å²) in [6.07, 6.45) is 0.808. The standard InChI is InChI=1S/C7H11N3O2S3/c1-2-5-3-4-6(14-5)15(11,12)10-9-7(8)13/h3-4,10H,2H2,1H3,(H3,8,9,13). The van der Waals surface area contributed by atoms with Gasteiger partial charge in [0.15, 0.2) is 5.11 Å². The second kappa shape index (κ2) is 4.88. The van der Waals surface area contributed by atoms with Gasteiger partial charge in [-0.3, -0.25) is 5.43 Å². The molecule has 0 radical (unpaired) electrons. The molecule has 5 nitrogen and oxygen atoms in total. The van der Waals surface area contributed by atoms with Gasteiger partial charge in [-0.15, -0.1) is 16.2 Å². The lowest BCUT2D eigenvalue weighted by molar-refractivity contribution is 0.579. The van der Waals surface area contributed by atoms with E-state index >= 15 is 0 Å². The molecule has 84 valence electrons. The van der Waals surface area contributed by atoms with E-state index in [4.69, 9.17) is 5.73 Å². The van der Waals surface area contributed by atoms with Crippen LogP contribution in [-0.4, -0.2) is 13.5 Å². The summed E-state index contributed by atoms with van der Waals surface area (Å²) < 4.78 is 23.4. The third kappa shape index (κ3) is 3.42. The molecule has 1 heterocycles. The summed E-state index contributed by atoms with van der Waals surface area (Å²) in [4.78, 5) is 3.08. The van der Waals surface area contributed by atoms with Gasteiger partial charge in [0.1, 0.15) is 4.21 Å². The molecule has 8 heteroatoms. The average molecular weight is 265 g/mol. The van der Waals surface area contributed by atoms with Gasteiger partial charge in [-0.1, -0.05) is 6.92 Å². The van der Waals surface area contributed by atoms with Gasteiger partial charge in [-0.25, -0.2) is 8.42 Å².